The fourth-order valence-electron chi connectivity index (χ4n) is 2.63. The van der Waals surface area contributed by atoms with E-state index in [0.29, 0.717) is 18.0 Å². The van der Waals surface area contributed by atoms with E-state index in [0.717, 1.165) is 32.9 Å². The first-order valence-corrected chi connectivity index (χ1v) is 8.00. The van der Waals surface area contributed by atoms with Crippen LogP contribution in [-0.2, 0) is 6.54 Å². The predicted molar refractivity (Wildman–Crippen MR) is 98.4 cm³/mol. The highest BCUT2D eigenvalue weighted by Crippen LogP contribution is 2.34. The molecule has 0 aliphatic carbocycles. The van der Waals surface area contributed by atoms with Gasteiger partial charge in [-0.3, -0.25) is 0 Å². The zero-order valence-electron chi connectivity index (χ0n) is 13.9. The predicted octanol–water partition coefficient (Wildman–Crippen LogP) is 4.83. The van der Waals surface area contributed by atoms with Gasteiger partial charge >= 0.3 is 0 Å². The number of pyridine rings is 1. The van der Waals surface area contributed by atoms with Gasteiger partial charge in [0.05, 0.1) is 14.2 Å². The maximum atomic E-state index is 5.91. The average Bonchev–Trinajstić information content (AvgIpc) is 2.60. The normalized spacial score (nSPS) is 10.7. The van der Waals surface area contributed by atoms with E-state index in [9.17, 15) is 0 Å². The fourth-order valence-corrected chi connectivity index (χ4v) is 2.76. The monoisotopic (exact) mass is 342 g/mol. The molecule has 0 aliphatic heterocycles. The molecule has 0 atom stereocenters. The van der Waals surface area contributed by atoms with E-state index < -0.39 is 0 Å². The molecule has 1 aromatic heterocycles. The Kier molecular flexibility index (Phi) is 4.76. The third kappa shape index (κ3) is 3.39. The third-order valence-corrected chi connectivity index (χ3v) is 4.16. The molecule has 0 saturated carbocycles. The smallest absolute Gasteiger partial charge is 0.161 e. The van der Waals surface area contributed by atoms with Crippen LogP contribution < -0.4 is 14.8 Å². The van der Waals surface area contributed by atoms with Gasteiger partial charge in [-0.2, -0.15) is 0 Å². The van der Waals surface area contributed by atoms with Crippen LogP contribution in [-0.4, -0.2) is 19.2 Å². The first-order valence-electron chi connectivity index (χ1n) is 7.62. The molecule has 0 aliphatic rings. The molecule has 0 saturated heterocycles. The summed E-state index contributed by atoms with van der Waals surface area (Å²) in [6.07, 6.45) is 0. The molecule has 0 radical (unpaired) electrons. The molecule has 24 heavy (non-hydrogen) atoms. The SMILES string of the molecule is COc1cc2cc(NCc3ccc(Cl)cc3)nc(C)c2cc1OC. The summed E-state index contributed by atoms with van der Waals surface area (Å²) in [5.74, 6) is 2.23. The van der Waals surface area contributed by atoms with Gasteiger partial charge in [0.15, 0.2) is 11.5 Å². The van der Waals surface area contributed by atoms with Crippen molar-refractivity contribution >= 4 is 28.2 Å². The Labute approximate surface area is 146 Å². The minimum absolute atomic E-state index is 0.683. The first-order chi connectivity index (χ1) is 11.6. The summed E-state index contributed by atoms with van der Waals surface area (Å²) in [6.45, 7) is 2.67. The highest BCUT2D eigenvalue weighted by Gasteiger charge is 2.09. The number of halogens is 1. The standard InChI is InChI=1S/C19H19ClN2O2/c1-12-16-10-18(24-3)17(23-2)8-14(16)9-19(22-12)21-11-13-4-6-15(20)7-5-13/h4-10H,11H2,1-3H3,(H,21,22). The number of fused-ring (bicyclic) bond motifs is 1. The van der Waals surface area contributed by atoms with E-state index in [2.05, 4.69) is 10.3 Å². The van der Waals surface area contributed by atoms with Gasteiger partial charge in [-0.05, 0) is 48.2 Å². The van der Waals surface area contributed by atoms with Crippen LogP contribution in [0.25, 0.3) is 10.8 Å². The van der Waals surface area contributed by atoms with E-state index in [-0.39, 0.29) is 0 Å². The molecular formula is C19H19ClN2O2. The van der Waals surface area contributed by atoms with Crippen molar-refractivity contribution < 1.29 is 9.47 Å². The van der Waals surface area contributed by atoms with E-state index in [1.54, 1.807) is 14.2 Å². The van der Waals surface area contributed by atoms with Crippen LogP contribution in [0.15, 0.2) is 42.5 Å². The van der Waals surface area contributed by atoms with E-state index >= 15 is 0 Å². The van der Waals surface area contributed by atoms with Crippen molar-refractivity contribution in [1.29, 1.82) is 0 Å². The summed E-state index contributed by atoms with van der Waals surface area (Å²) < 4.78 is 10.8. The number of hydrogen-bond donors (Lipinski definition) is 1. The van der Waals surface area contributed by atoms with Crippen LogP contribution in [0.2, 0.25) is 5.02 Å². The second-order valence-electron chi connectivity index (χ2n) is 5.50. The van der Waals surface area contributed by atoms with Crippen LogP contribution in [0.5, 0.6) is 11.5 Å². The zero-order valence-corrected chi connectivity index (χ0v) is 14.6. The Bertz CT molecular complexity index is 863. The minimum atomic E-state index is 0.683. The van der Waals surface area contributed by atoms with Gasteiger partial charge in [0, 0.05) is 22.6 Å². The second kappa shape index (κ2) is 6.97. The molecule has 124 valence electrons. The molecule has 1 heterocycles. The topological polar surface area (TPSA) is 43.4 Å². The number of nitrogens with zero attached hydrogens (tertiary/aromatic N) is 1. The van der Waals surface area contributed by atoms with E-state index in [1.807, 2.05) is 49.4 Å². The Morgan fingerprint density at radius 1 is 1.00 bits per heavy atom. The Balaban J connectivity index is 1.90. The highest BCUT2D eigenvalue weighted by molar-refractivity contribution is 6.30. The van der Waals surface area contributed by atoms with Gasteiger partial charge in [-0.25, -0.2) is 4.98 Å². The maximum absolute atomic E-state index is 5.91. The average molecular weight is 343 g/mol. The molecule has 2 aromatic carbocycles. The summed E-state index contributed by atoms with van der Waals surface area (Å²) in [5, 5.41) is 6.19. The van der Waals surface area contributed by atoms with Gasteiger partial charge in [0.1, 0.15) is 5.82 Å². The van der Waals surface area contributed by atoms with Crippen molar-refractivity contribution in [2.45, 2.75) is 13.5 Å². The first kappa shape index (κ1) is 16.4. The molecule has 1 N–H and O–H groups in total. The molecule has 3 rings (SSSR count). The molecule has 5 heteroatoms. The van der Waals surface area contributed by atoms with Crippen LogP contribution >= 0.6 is 11.6 Å². The second-order valence-corrected chi connectivity index (χ2v) is 5.94. The van der Waals surface area contributed by atoms with Crippen molar-refractivity contribution in [1.82, 2.24) is 4.98 Å². The summed E-state index contributed by atoms with van der Waals surface area (Å²) in [4.78, 5) is 4.63. The van der Waals surface area contributed by atoms with Crippen molar-refractivity contribution in [3.8, 4) is 11.5 Å². The van der Waals surface area contributed by atoms with Crippen molar-refractivity contribution in [2.75, 3.05) is 19.5 Å². The van der Waals surface area contributed by atoms with Gasteiger partial charge in [0.2, 0.25) is 0 Å². The van der Waals surface area contributed by atoms with E-state index in [1.165, 1.54) is 0 Å². The lowest BCUT2D eigenvalue weighted by Crippen LogP contribution is -2.02. The lowest BCUT2D eigenvalue weighted by atomic mass is 10.1. The fraction of sp³-hybridized carbons (Fsp3) is 0.211. The molecule has 3 aromatic rings. The Morgan fingerprint density at radius 3 is 2.33 bits per heavy atom. The molecule has 0 spiro atoms. The highest BCUT2D eigenvalue weighted by atomic mass is 35.5. The van der Waals surface area contributed by atoms with Crippen LogP contribution in [0.4, 0.5) is 5.82 Å². The van der Waals surface area contributed by atoms with Gasteiger partial charge in [0.25, 0.3) is 0 Å². The quantitative estimate of drug-likeness (QED) is 0.721. The van der Waals surface area contributed by atoms with Gasteiger partial charge < -0.3 is 14.8 Å². The van der Waals surface area contributed by atoms with E-state index in [4.69, 9.17) is 21.1 Å². The summed E-state index contributed by atoms with van der Waals surface area (Å²) in [5.41, 5.74) is 2.08. The third-order valence-electron chi connectivity index (χ3n) is 3.91. The Morgan fingerprint density at radius 2 is 1.67 bits per heavy atom. The van der Waals surface area contributed by atoms with Gasteiger partial charge in [-0.15, -0.1) is 0 Å². The van der Waals surface area contributed by atoms with Crippen molar-refractivity contribution in [3.05, 3.63) is 58.7 Å². The van der Waals surface area contributed by atoms with Crippen LogP contribution in [0, 0.1) is 6.92 Å². The Hall–Kier alpha value is -2.46. The number of rotatable bonds is 5. The number of benzene rings is 2. The number of ether oxygens (including phenoxy) is 2. The molecular weight excluding hydrogens is 324 g/mol. The number of aryl methyl sites for hydroxylation is 1. The summed E-state index contributed by atoms with van der Waals surface area (Å²) >= 11 is 5.91. The van der Waals surface area contributed by atoms with Crippen LogP contribution in [0.1, 0.15) is 11.3 Å². The molecule has 0 bridgehead atoms. The number of anilines is 1. The largest absolute Gasteiger partial charge is 0.493 e. The van der Waals surface area contributed by atoms with Crippen molar-refractivity contribution in [2.24, 2.45) is 0 Å². The zero-order chi connectivity index (χ0) is 17.1. The van der Waals surface area contributed by atoms with Gasteiger partial charge in [-0.1, -0.05) is 23.7 Å². The molecule has 0 fully saturated rings. The number of aromatic nitrogens is 1. The minimum Gasteiger partial charge on any atom is -0.493 e. The molecule has 0 unspecified atom stereocenters. The molecule has 0 amide bonds. The maximum Gasteiger partial charge on any atom is 0.161 e. The number of nitrogens with one attached hydrogen (secondary N) is 1. The van der Waals surface area contributed by atoms with Crippen LogP contribution in [0.3, 0.4) is 0 Å². The molecule has 4 nitrogen and oxygen atoms in total. The number of hydrogen-bond acceptors (Lipinski definition) is 4. The summed E-state index contributed by atoms with van der Waals surface area (Å²) in [7, 11) is 3.27. The number of methoxy groups -OCH3 is 2. The van der Waals surface area contributed by atoms with Crippen molar-refractivity contribution in [3.63, 3.8) is 0 Å². The lowest BCUT2D eigenvalue weighted by molar-refractivity contribution is 0.356. The summed E-state index contributed by atoms with van der Waals surface area (Å²) in [6, 6.07) is 13.7. The lowest BCUT2D eigenvalue weighted by Gasteiger charge is -2.13.